The van der Waals surface area contributed by atoms with E-state index in [0.717, 1.165) is 6.54 Å². The van der Waals surface area contributed by atoms with Gasteiger partial charge in [0.25, 0.3) is 0 Å². The third kappa shape index (κ3) is 6.14. The van der Waals surface area contributed by atoms with Crippen molar-refractivity contribution < 1.29 is 0 Å². The van der Waals surface area contributed by atoms with E-state index in [1.54, 1.807) is 0 Å². The zero-order valence-corrected chi connectivity index (χ0v) is 16.6. The number of hydrogen-bond donors (Lipinski definition) is 2. The molecule has 0 aromatic heterocycles. The molecule has 0 spiro atoms. The number of nitrogens with zero attached hydrogens (tertiary/aromatic N) is 2. The number of nitrogens with two attached hydrogens (primary N) is 1. The van der Waals surface area contributed by atoms with Crippen molar-refractivity contribution in [3.05, 3.63) is 0 Å². The molecular formula is C15H31IN4S. The van der Waals surface area contributed by atoms with Crippen LogP contribution in [-0.4, -0.2) is 54.6 Å². The number of hydrogen-bond acceptors (Lipinski definition) is 3. The molecule has 1 aliphatic carbocycles. The summed E-state index contributed by atoms with van der Waals surface area (Å²) in [4.78, 5) is 7.06. The molecule has 3 N–H and O–H groups in total. The summed E-state index contributed by atoms with van der Waals surface area (Å²) in [6.07, 6.45) is 11.2. The lowest BCUT2D eigenvalue weighted by Crippen LogP contribution is -2.45. The molecule has 0 unspecified atom stereocenters. The largest absolute Gasteiger partial charge is 0.370 e. The Morgan fingerprint density at radius 3 is 2.48 bits per heavy atom. The van der Waals surface area contributed by atoms with Gasteiger partial charge in [0.1, 0.15) is 0 Å². The summed E-state index contributed by atoms with van der Waals surface area (Å²) in [6.45, 7) is 3.20. The molecule has 1 saturated carbocycles. The average Bonchev–Trinajstić information content (AvgIpc) is 2.48. The zero-order chi connectivity index (χ0) is 14.4. The lowest BCUT2D eigenvalue weighted by molar-refractivity contribution is 0.242. The van der Waals surface area contributed by atoms with Crippen LogP contribution >= 0.6 is 35.7 Å². The van der Waals surface area contributed by atoms with Gasteiger partial charge in [-0.15, -0.1) is 24.0 Å². The molecule has 0 radical (unpaired) electrons. The summed E-state index contributed by atoms with van der Waals surface area (Å²) in [5, 5.41) is 3.42. The van der Waals surface area contributed by atoms with Crippen LogP contribution in [0.4, 0.5) is 0 Å². The SMILES string of the molecule is CSC1(CN=C(N)NC2CCCCC2)CCN(C)CC1.I. The minimum absolute atomic E-state index is 0. The lowest BCUT2D eigenvalue weighted by Gasteiger charge is -2.38. The summed E-state index contributed by atoms with van der Waals surface area (Å²) in [5.74, 6) is 0.657. The molecule has 0 bridgehead atoms. The van der Waals surface area contributed by atoms with Crippen molar-refractivity contribution in [3.63, 3.8) is 0 Å². The number of halogens is 1. The summed E-state index contributed by atoms with van der Waals surface area (Å²) in [7, 11) is 2.20. The van der Waals surface area contributed by atoms with Crippen LogP contribution in [0.5, 0.6) is 0 Å². The van der Waals surface area contributed by atoms with Gasteiger partial charge in [-0.3, -0.25) is 4.99 Å². The minimum Gasteiger partial charge on any atom is -0.370 e. The first-order valence-corrected chi connectivity index (χ1v) is 9.16. The molecule has 1 aliphatic heterocycles. The highest BCUT2D eigenvalue weighted by Gasteiger charge is 2.32. The molecule has 6 heteroatoms. The standard InChI is InChI=1S/C15H30N4S.HI/c1-19-10-8-15(20-2,9-11-19)12-17-14(16)18-13-6-4-3-5-7-13;/h13H,3-12H2,1-2H3,(H3,16,17,18);1H. The highest BCUT2D eigenvalue weighted by Crippen LogP contribution is 2.34. The molecule has 0 aromatic carbocycles. The van der Waals surface area contributed by atoms with Gasteiger partial charge in [-0.05, 0) is 52.1 Å². The molecule has 0 atom stereocenters. The van der Waals surface area contributed by atoms with Crippen LogP contribution in [0, 0.1) is 0 Å². The third-order valence-corrected chi connectivity index (χ3v) is 6.23. The summed E-state index contributed by atoms with van der Waals surface area (Å²) >= 11 is 1.97. The fourth-order valence-electron chi connectivity index (χ4n) is 3.18. The highest BCUT2D eigenvalue weighted by atomic mass is 127. The molecule has 1 heterocycles. The molecule has 2 fully saturated rings. The van der Waals surface area contributed by atoms with Crippen LogP contribution in [0.2, 0.25) is 0 Å². The molecule has 0 aromatic rings. The van der Waals surface area contributed by atoms with E-state index in [2.05, 4.69) is 28.5 Å². The highest BCUT2D eigenvalue weighted by molar-refractivity contribution is 14.0. The quantitative estimate of drug-likeness (QED) is 0.412. The first-order valence-electron chi connectivity index (χ1n) is 7.94. The van der Waals surface area contributed by atoms with E-state index in [0.29, 0.717) is 16.7 Å². The van der Waals surface area contributed by atoms with Gasteiger partial charge in [-0.25, -0.2) is 0 Å². The molecule has 2 rings (SSSR count). The number of aliphatic imine (C=N–C) groups is 1. The Balaban J connectivity index is 0.00000220. The van der Waals surface area contributed by atoms with Gasteiger partial charge < -0.3 is 16.0 Å². The monoisotopic (exact) mass is 426 g/mol. The van der Waals surface area contributed by atoms with E-state index in [1.807, 2.05) is 11.8 Å². The fraction of sp³-hybridized carbons (Fsp3) is 0.933. The fourth-order valence-corrected chi connectivity index (χ4v) is 3.97. The second-order valence-electron chi connectivity index (χ2n) is 6.37. The summed E-state index contributed by atoms with van der Waals surface area (Å²) < 4.78 is 0.297. The summed E-state index contributed by atoms with van der Waals surface area (Å²) in [5.41, 5.74) is 6.08. The maximum Gasteiger partial charge on any atom is 0.188 e. The number of guanidine groups is 1. The van der Waals surface area contributed by atoms with E-state index >= 15 is 0 Å². The van der Waals surface area contributed by atoms with Crippen molar-refractivity contribution in [1.82, 2.24) is 10.2 Å². The minimum atomic E-state index is 0. The van der Waals surface area contributed by atoms with Gasteiger partial charge in [0.2, 0.25) is 0 Å². The number of piperidine rings is 1. The average molecular weight is 426 g/mol. The van der Waals surface area contributed by atoms with Gasteiger partial charge in [0, 0.05) is 10.8 Å². The predicted molar refractivity (Wildman–Crippen MR) is 105 cm³/mol. The van der Waals surface area contributed by atoms with E-state index in [9.17, 15) is 0 Å². The molecule has 1 saturated heterocycles. The molecule has 0 amide bonds. The Hall–Kier alpha value is 0.310. The van der Waals surface area contributed by atoms with Crippen molar-refractivity contribution in [2.45, 2.75) is 55.7 Å². The number of likely N-dealkylation sites (tertiary alicyclic amines) is 1. The zero-order valence-electron chi connectivity index (χ0n) is 13.4. The van der Waals surface area contributed by atoms with E-state index in [4.69, 9.17) is 5.73 Å². The number of rotatable bonds is 4. The Morgan fingerprint density at radius 1 is 1.29 bits per heavy atom. The maximum absolute atomic E-state index is 6.08. The van der Waals surface area contributed by atoms with Crippen molar-refractivity contribution in [1.29, 1.82) is 0 Å². The van der Waals surface area contributed by atoms with E-state index < -0.39 is 0 Å². The van der Waals surface area contributed by atoms with Crippen LogP contribution in [0.1, 0.15) is 44.9 Å². The van der Waals surface area contributed by atoms with Gasteiger partial charge in [-0.2, -0.15) is 11.8 Å². The van der Waals surface area contributed by atoms with Crippen molar-refractivity contribution in [2.75, 3.05) is 32.9 Å². The topological polar surface area (TPSA) is 53.6 Å². The Kier molecular flexibility index (Phi) is 8.71. The Bertz CT molecular complexity index is 324. The molecule has 21 heavy (non-hydrogen) atoms. The van der Waals surface area contributed by atoms with Crippen molar-refractivity contribution in [2.24, 2.45) is 10.7 Å². The molecular weight excluding hydrogens is 395 g/mol. The normalized spacial score (nSPS) is 24.4. The molecule has 2 aliphatic rings. The lowest BCUT2D eigenvalue weighted by atomic mass is 9.95. The first kappa shape index (κ1) is 19.4. The van der Waals surface area contributed by atoms with Gasteiger partial charge in [0.05, 0.1) is 6.54 Å². The van der Waals surface area contributed by atoms with Crippen LogP contribution in [0.15, 0.2) is 4.99 Å². The Labute approximate surface area is 151 Å². The number of nitrogens with one attached hydrogen (secondary N) is 1. The van der Waals surface area contributed by atoms with Crippen LogP contribution in [0.3, 0.4) is 0 Å². The number of thioether (sulfide) groups is 1. The predicted octanol–water partition coefficient (Wildman–Crippen LogP) is 2.67. The second kappa shape index (κ2) is 9.45. The van der Waals surface area contributed by atoms with E-state index in [-0.39, 0.29) is 24.0 Å². The third-order valence-electron chi connectivity index (χ3n) is 4.83. The van der Waals surface area contributed by atoms with E-state index in [1.165, 1.54) is 58.0 Å². The maximum atomic E-state index is 6.08. The smallest absolute Gasteiger partial charge is 0.188 e. The van der Waals surface area contributed by atoms with Gasteiger partial charge in [-0.1, -0.05) is 19.3 Å². The van der Waals surface area contributed by atoms with Crippen LogP contribution < -0.4 is 11.1 Å². The van der Waals surface area contributed by atoms with Gasteiger partial charge >= 0.3 is 0 Å². The second-order valence-corrected chi connectivity index (χ2v) is 7.65. The first-order chi connectivity index (χ1) is 9.63. The molecule has 4 nitrogen and oxygen atoms in total. The summed E-state index contributed by atoms with van der Waals surface area (Å²) in [6, 6.07) is 0.551. The van der Waals surface area contributed by atoms with Crippen molar-refractivity contribution in [3.8, 4) is 0 Å². The molecule has 124 valence electrons. The van der Waals surface area contributed by atoms with Crippen LogP contribution in [0.25, 0.3) is 0 Å². The van der Waals surface area contributed by atoms with Gasteiger partial charge in [0.15, 0.2) is 5.96 Å². The Morgan fingerprint density at radius 2 is 1.90 bits per heavy atom. The van der Waals surface area contributed by atoms with Crippen LogP contribution in [-0.2, 0) is 0 Å². The van der Waals surface area contributed by atoms with Crippen molar-refractivity contribution >= 4 is 41.7 Å².